The van der Waals surface area contributed by atoms with E-state index in [0.717, 1.165) is 34.6 Å². The number of aryl methyl sites for hydroxylation is 1. The predicted octanol–water partition coefficient (Wildman–Crippen LogP) is 1.98. The van der Waals surface area contributed by atoms with Gasteiger partial charge in [0, 0.05) is 63.7 Å². The molecule has 0 spiro atoms. The SMILES string of the molecule is COCCNC(=O)c1sc2ncccc2c1C1CN(Cc2ccnn2C)CCO1. The van der Waals surface area contributed by atoms with E-state index >= 15 is 0 Å². The third kappa shape index (κ3) is 4.32. The highest BCUT2D eigenvalue weighted by molar-refractivity contribution is 7.20. The maximum atomic E-state index is 12.9. The summed E-state index contributed by atoms with van der Waals surface area (Å²) in [7, 11) is 3.57. The summed E-state index contributed by atoms with van der Waals surface area (Å²) in [5.74, 6) is -0.104. The van der Waals surface area contributed by atoms with Gasteiger partial charge in [0.2, 0.25) is 0 Å². The summed E-state index contributed by atoms with van der Waals surface area (Å²) in [6.07, 6.45) is 3.39. The highest BCUT2D eigenvalue weighted by atomic mass is 32.1. The summed E-state index contributed by atoms with van der Waals surface area (Å²) in [5.41, 5.74) is 2.09. The Kier molecular flexibility index (Phi) is 6.19. The van der Waals surface area contributed by atoms with Crippen molar-refractivity contribution in [1.82, 2.24) is 25.0 Å². The average Bonchev–Trinajstić information content (AvgIpc) is 3.32. The quantitative estimate of drug-likeness (QED) is 0.595. The van der Waals surface area contributed by atoms with Gasteiger partial charge in [0.15, 0.2) is 0 Å². The lowest BCUT2D eigenvalue weighted by Gasteiger charge is -2.33. The van der Waals surface area contributed by atoms with E-state index in [9.17, 15) is 4.79 Å². The van der Waals surface area contributed by atoms with Gasteiger partial charge in [-0.05, 0) is 12.1 Å². The van der Waals surface area contributed by atoms with Crippen molar-refractivity contribution in [3.63, 3.8) is 0 Å². The number of hydrogen-bond donors (Lipinski definition) is 1. The molecule has 0 bridgehead atoms. The van der Waals surface area contributed by atoms with Crippen LogP contribution in [0.1, 0.15) is 27.0 Å². The molecule has 1 atom stereocenters. The van der Waals surface area contributed by atoms with Gasteiger partial charge in [-0.2, -0.15) is 5.10 Å². The number of ether oxygens (including phenoxy) is 2. The smallest absolute Gasteiger partial charge is 0.261 e. The third-order valence-electron chi connectivity index (χ3n) is 5.08. The van der Waals surface area contributed by atoms with E-state index in [2.05, 4.69) is 20.3 Å². The van der Waals surface area contributed by atoms with Crippen LogP contribution in [0.5, 0.6) is 0 Å². The zero-order valence-corrected chi connectivity index (χ0v) is 17.4. The summed E-state index contributed by atoms with van der Waals surface area (Å²) in [6.45, 7) is 3.91. The molecule has 0 saturated carbocycles. The van der Waals surface area contributed by atoms with Gasteiger partial charge in [0.25, 0.3) is 5.91 Å². The molecule has 1 unspecified atom stereocenters. The van der Waals surface area contributed by atoms with Crippen LogP contribution in [0.25, 0.3) is 10.2 Å². The maximum absolute atomic E-state index is 12.9. The van der Waals surface area contributed by atoms with Crippen LogP contribution in [0, 0.1) is 0 Å². The van der Waals surface area contributed by atoms with E-state index in [1.165, 1.54) is 11.3 Å². The molecule has 1 fully saturated rings. The number of hydrogen-bond acceptors (Lipinski definition) is 7. The Balaban J connectivity index is 1.60. The molecule has 0 radical (unpaired) electrons. The largest absolute Gasteiger partial charge is 0.383 e. The van der Waals surface area contributed by atoms with Gasteiger partial charge in [-0.1, -0.05) is 6.07 Å². The molecule has 0 aromatic carbocycles. The van der Waals surface area contributed by atoms with Crippen molar-refractivity contribution in [2.24, 2.45) is 7.05 Å². The van der Waals surface area contributed by atoms with E-state index in [0.29, 0.717) is 31.2 Å². The lowest BCUT2D eigenvalue weighted by Crippen LogP contribution is -2.39. The molecule has 3 aromatic rings. The van der Waals surface area contributed by atoms with E-state index in [1.54, 1.807) is 13.3 Å². The fourth-order valence-electron chi connectivity index (χ4n) is 3.59. The number of aromatic nitrogens is 3. The van der Waals surface area contributed by atoms with Crippen LogP contribution in [0.15, 0.2) is 30.6 Å². The van der Waals surface area contributed by atoms with Gasteiger partial charge in [-0.3, -0.25) is 14.4 Å². The Hall–Kier alpha value is -2.33. The highest BCUT2D eigenvalue weighted by Gasteiger charge is 2.30. The number of pyridine rings is 1. The van der Waals surface area contributed by atoms with E-state index in [4.69, 9.17) is 9.47 Å². The molecule has 29 heavy (non-hydrogen) atoms. The number of amides is 1. The summed E-state index contributed by atoms with van der Waals surface area (Å²) < 4.78 is 13.1. The van der Waals surface area contributed by atoms with Crippen molar-refractivity contribution >= 4 is 27.5 Å². The molecule has 8 nitrogen and oxygen atoms in total. The number of morpholine rings is 1. The average molecular weight is 416 g/mol. The fourth-order valence-corrected chi connectivity index (χ4v) is 4.70. The summed E-state index contributed by atoms with van der Waals surface area (Å²) in [6, 6.07) is 5.95. The monoisotopic (exact) mass is 415 g/mol. The van der Waals surface area contributed by atoms with Crippen LogP contribution in [0.4, 0.5) is 0 Å². The topological polar surface area (TPSA) is 81.5 Å². The maximum Gasteiger partial charge on any atom is 0.261 e. The first-order valence-corrected chi connectivity index (χ1v) is 10.4. The van der Waals surface area contributed by atoms with Crippen LogP contribution in [-0.2, 0) is 23.1 Å². The van der Waals surface area contributed by atoms with Crippen LogP contribution in [-0.4, -0.2) is 65.5 Å². The van der Waals surface area contributed by atoms with Gasteiger partial charge < -0.3 is 14.8 Å². The Bertz CT molecular complexity index is 986. The number of nitrogens with one attached hydrogen (secondary N) is 1. The number of fused-ring (bicyclic) bond motifs is 1. The second-order valence-corrected chi connectivity index (χ2v) is 7.99. The third-order valence-corrected chi connectivity index (χ3v) is 6.21. The highest BCUT2D eigenvalue weighted by Crippen LogP contribution is 2.37. The van der Waals surface area contributed by atoms with E-state index in [-0.39, 0.29) is 12.0 Å². The van der Waals surface area contributed by atoms with Gasteiger partial charge in [-0.25, -0.2) is 4.98 Å². The van der Waals surface area contributed by atoms with Crippen molar-refractivity contribution in [3.8, 4) is 0 Å². The number of rotatable bonds is 7. The minimum Gasteiger partial charge on any atom is -0.383 e. The number of thiophene rings is 1. The Morgan fingerprint density at radius 3 is 3.10 bits per heavy atom. The van der Waals surface area contributed by atoms with Gasteiger partial charge in [0.1, 0.15) is 9.71 Å². The first kappa shape index (κ1) is 20.0. The number of nitrogens with zero attached hydrogens (tertiary/aromatic N) is 4. The van der Waals surface area contributed by atoms with Crippen LogP contribution in [0.3, 0.4) is 0 Å². The molecule has 4 rings (SSSR count). The van der Waals surface area contributed by atoms with Gasteiger partial charge in [-0.15, -0.1) is 11.3 Å². The minimum absolute atomic E-state index is 0.104. The molecule has 1 aliphatic rings. The van der Waals surface area contributed by atoms with Crippen molar-refractivity contribution < 1.29 is 14.3 Å². The van der Waals surface area contributed by atoms with Crippen LogP contribution < -0.4 is 5.32 Å². The first-order chi connectivity index (χ1) is 14.2. The van der Waals surface area contributed by atoms with Crippen molar-refractivity contribution in [2.75, 3.05) is 40.0 Å². The summed E-state index contributed by atoms with van der Waals surface area (Å²) in [4.78, 5) is 21.2. The molecule has 9 heteroatoms. The number of carbonyl (C=O) groups excluding carboxylic acids is 1. The Morgan fingerprint density at radius 2 is 2.31 bits per heavy atom. The second-order valence-electron chi connectivity index (χ2n) is 6.99. The van der Waals surface area contributed by atoms with Crippen molar-refractivity contribution in [3.05, 3.63) is 46.7 Å². The fraction of sp³-hybridized carbons (Fsp3) is 0.450. The molecule has 4 heterocycles. The van der Waals surface area contributed by atoms with Gasteiger partial charge in [0.05, 0.1) is 25.0 Å². The zero-order chi connectivity index (χ0) is 20.2. The van der Waals surface area contributed by atoms with Gasteiger partial charge >= 0.3 is 0 Å². The number of carbonyl (C=O) groups is 1. The normalized spacial score (nSPS) is 17.7. The number of methoxy groups -OCH3 is 1. The van der Waals surface area contributed by atoms with Crippen molar-refractivity contribution in [1.29, 1.82) is 0 Å². The summed E-state index contributed by atoms with van der Waals surface area (Å²) >= 11 is 1.42. The molecule has 154 valence electrons. The lowest BCUT2D eigenvalue weighted by molar-refractivity contribution is -0.0329. The molecule has 1 amide bonds. The molecular formula is C20H25N5O3S. The van der Waals surface area contributed by atoms with Crippen LogP contribution in [0.2, 0.25) is 0 Å². The summed E-state index contributed by atoms with van der Waals surface area (Å²) in [5, 5.41) is 8.17. The zero-order valence-electron chi connectivity index (χ0n) is 16.6. The molecule has 1 N–H and O–H groups in total. The Morgan fingerprint density at radius 1 is 1.41 bits per heavy atom. The molecule has 1 saturated heterocycles. The van der Waals surface area contributed by atoms with E-state index < -0.39 is 0 Å². The first-order valence-electron chi connectivity index (χ1n) is 9.62. The molecule has 0 aliphatic carbocycles. The minimum atomic E-state index is -0.182. The molecule has 3 aromatic heterocycles. The Labute approximate surface area is 173 Å². The van der Waals surface area contributed by atoms with E-state index in [1.807, 2.05) is 36.1 Å². The lowest BCUT2D eigenvalue weighted by atomic mass is 10.0. The molecule has 1 aliphatic heterocycles. The standard InChI is InChI=1S/C20H25N5O3S/c1-24-14(5-7-23-24)12-25-9-11-28-16(13-25)17-15-4-3-6-22-20(15)29-18(17)19(26)21-8-10-27-2/h3-7,16H,8-13H2,1-2H3,(H,21,26). The van der Waals surface area contributed by atoms with Crippen molar-refractivity contribution in [2.45, 2.75) is 12.6 Å². The predicted molar refractivity (Wildman–Crippen MR) is 111 cm³/mol. The molecular weight excluding hydrogens is 390 g/mol. The van der Waals surface area contributed by atoms with Crippen LogP contribution >= 0.6 is 11.3 Å². The second kappa shape index (κ2) is 9.00.